The molecule has 0 spiro atoms. The maximum absolute atomic E-state index is 15.5. The summed E-state index contributed by atoms with van der Waals surface area (Å²) < 4.78 is 62.8. The summed E-state index contributed by atoms with van der Waals surface area (Å²) in [5.74, 6) is -1.16. The first-order chi connectivity index (χ1) is 17.3. The van der Waals surface area contributed by atoms with Crippen molar-refractivity contribution >= 4 is 32.6 Å². The third-order valence-electron chi connectivity index (χ3n) is 5.92. The first-order valence-electron chi connectivity index (χ1n) is 11.0. The van der Waals surface area contributed by atoms with E-state index < -0.39 is 39.0 Å². The Kier molecular flexibility index (Phi) is 6.18. The minimum absolute atomic E-state index is 0.140. The Balaban J connectivity index is 1.49. The van der Waals surface area contributed by atoms with E-state index >= 15 is 4.39 Å². The molecule has 13 heteroatoms. The fraction of sp³-hybridized carbons (Fsp3) is 0.261. The van der Waals surface area contributed by atoms with E-state index in [0.717, 1.165) is 31.2 Å². The molecule has 1 unspecified atom stereocenters. The van der Waals surface area contributed by atoms with E-state index in [1.807, 2.05) is 0 Å². The third-order valence-corrected chi connectivity index (χ3v) is 7.27. The van der Waals surface area contributed by atoms with E-state index in [2.05, 4.69) is 30.0 Å². The molecule has 3 aromatic heterocycles. The number of hydrogen-bond donors (Lipinski definition) is 4. The van der Waals surface area contributed by atoms with Crippen LogP contribution in [0.4, 0.5) is 20.3 Å². The monoisotopic (exact) mass is 516 g/mol. The molecular formula is C23H22F2N6O4S. The topological polar surface area (TPSA) is 142 Å². The van der Waals surface area contributed by atoms with Gasteiger partial charge in [-0.15, -0.1) is 0 Å². The van der Waals surface area contributed by atoms with Gasteiger partial charge in [0.05, 0.1) is 29.9 Å². The number of H-pyrrole nitrogens is 1. The molecule has 188 valence electrons. The highest BCUT2D eigenvalue weighted by Crippen LogP contribution is 2.37. The van der Waals surface area contributed by atoms with E-state index in [4.69, 9.17) is 4.74 Å². The van der Waals surface area contributed by atoms with Gasteiger partial charge < -0.3 is 20.1 Å². The summed E-state index contributed by atoms with van der Waals surface area (Å²) in [6.07, 6.45) is 4.21. The van der Waals surface area contributed by atoms with E-state index in [-0.39, 0.29) is 16.3 Å². The lowest BCUT2D eigenvalue weighted by Gasteiger charge is -2.17. The molecule has 4 N–H and O–H groups in total. The molecule has 1 aliphatic carbocycles. The van der Waals surface area contributed by atoms with Gasteiger partial charge in [0.15, 0.2) is 5.82 Å². The second kappa shape index (κ2) is 9.32. The number of benzene rings is 1. The van der Waals surface area contributed by atoms with Gasteiger partial charge in [-0.1, -0.05) is 0 Å². The number of rotatable bonds is 9. The Morgan fingerprint density at radius 3 is 2.69 bits per heavy atom. The van der Waals surface area contributed by atoms with Gasteiger partial charge >= 0.3 is 0 Å². The molecule has 0 amide bonds. The van der Waals surface area contributed by atoms with Crippen molar-refractivity contribution in [3.05, 3.63) is 65.7 Å². The van der Waals surface area contributed by atoms with Gasteiger partial charge in [-0.3, -0.25) is 4.72 Å². The first kappa shape index (κ1) is 23.9. The fourth-order valence-corrected chi connectivity index (χ4v) is 4.81. The molecule has 0 radical (unpaired) electrons. The molecule has 1 fully saturated rings. The summed E-state index contributed by atoms with van der Waals surface area (Å²) in [7, 11) is -2.89. The van der Waals surface area contributed by atoms with Crippen LogP contribution in [0.5, 0.6) is 5.88 Å². The number of nitrogens with one attached hydrogen (secondary N) is 3. The number of fused-ring (bicyclic) bond motifs is 1. The highest BCUT2D eigenvalue weighted by atomic mass is 32.2. The molecule has 0 bridgehead atoms. The van der Waals surface area contributed by atoms with Crippen molar-refractivity contribution in [2.45, 2.75) is 23.8 Å². The number of nitrogens with zero attached hydrogens (tertiary/aromatic N) is 3. The molecule has 1 saturated carbocycles. The fourth-order valence-electron chi connectivity index (χ4n) is 3.80. The van der Waals surface area contributed by atoms with E-state index in [9.17, 15) is 17.9 Å². The van der Waals surface area contributed by atoms with Crippen molar-refractivity contribution < 1.29 is 27.0 Å². The van der Waals surface area contributed by atoms with E-state index in [1.54, 1.807) is 0 Å². The van der Waals surface area contributed by atoms with Crippen LogP contribution in [0.2, 0.25) is 0 Å². The predicted molar refractivity (Wildman–Crippen MR) is 127 cm³/mol. The Morgan fingerprint density at radius 1 is 1.19 bits per heavy atom. The number of halogens is 2. The van der Waals surface area contributed by atoms with Crippen molar-refractivity contribution in [3.63, 3.8) is 0 Å². The average Bonchev–Trinajstić information content (AvgIpc) is 3.60. The number of hydrogen-bond acceptors (Lipinski definition) is 8. The molecule has 36 heavy (non-hydrogen) atoms. The Morgan fingerprint density at radius 2 is 2.00 bits per heavy atom. The maximum atomic E-state index is 15.5. The molecule has 0 saturated heterocycles. The van der Waals surface area contributed by atoms with Crippen molar-refractivity contribution in [1.82, 2.24) is 19.9 Å². The maximum Gasteiger partial charge on any atom is 0.263 e. The molecule has 0 aliphatic heterocycles. The molecular weight excluding hydrogens is 494 g/mol. The SMILES string of the molecule is COc1ccc(S(=O)(=O)Nc2ccc(F)c(C(O)c3c[nH]c4ncnc(NCC5CC5)c34)c2F)cn1. The normalized spacial score (nSPS) is 14.6. The lowest BCUT2D eigenvalue weighted by molar-refractivity contribution is 0.211. The van der Waals surface area contributed by atoms with Crippen LogP contribution in [0.25, 0.3) is 11.0 Å². The van der Waals surface area contributed by atoms with Crippen LogP contribution in [0, 0.1) is 17.6 Å². The van der Waals surface area contributed by atoms with Crippen LogP contribution < -0.4 is 14.8 Å². The van der Waals surface area contributed by atoms with Gasteiger partial charge in [0.25, 0.3) is 10.0 Å². The van der Waals surface area contributed by atoms with E-state index in [1.165, 1.54) is 31.8 Å². The van der Waals surface area contributed by atoms with E-state index in [0.29, 0.717) is 29.3 Å². The summed E-state index contributed by atoms with van der Waals surface area (Å²) in [5, 5.41) is 14.7. The second-order valence-corrected chi connectivity index (χ2v) is 10.1. The Hall–Kier alpha value is -3.84. The number of ether oxygens (including phenoxy) is 1. The second-order valence-electron chi connectivity index (χ2n) is 8.38. The molecule has 10 nitrogen and oxygen atoms in total. The molecule has 5 rings (SSSR count). The van der Waals surface area contributed by atoms with Gasteiger partial charge in [0, 0.05) is 24.4 Å². The number of anilines is 2. The number of aliphatic hydroxyl groups excluding tert-OH is 1. The Bertz CT molecular complexity index is 1520. The molecule has 1 aliphatic rings. The van der Waals surface area contributed by atoms with Crippen LogP contribution in [-0.2, 0) is 10.0 Å². The van der Waals surface area contributed by atoms with Crippen LogP contribution in [0.15, 0.2) is 47.9 Å². The van der Waals surface area contributed by atoms with Gasteiger partial charge in [-0.25, -0.2) is 32.2 Å². The smallest absolute Gasteiger partial charge is 0.263 e. The number of aliphatic hydroxyl groups is 1. The lowest BCUT2D eigenvalue weighted by Crippen LogP contribution is -2.16. The molecule has 3 heterocycles. The van der Waals surface area contributed by atoms with Crippen molar-refractivity contribution in [2.75, 3.05) is 23.7 Å². The zero-order valence-corrected chi connectivity index (χ0v) is 19.8. The Labute approximate surface area is 204 Å². The minimum Gasteiger partial charge on any atom is -0.481 e. The quantitative estimate of drug-likeness (QED) is 0.265. The van der Waals surface area contributed by atoms with Gasteiger partial charge in [0.1, 0.15) is 34.6 Å². The van der Waals surface area contributed by atoms with Gasteiger partial charge in [-0.2, -0.15) is 0 Å². The zero-order valence-electron chi connectivity index (χ0n) is 19.0. The highest BCUT2D eigenvalue weighted by Gasteiger charge is 2.28. The number of sulfonamides is 1. The minimum atomic E-state index is -4.27. The molecule has 1 aromatic carbocycles. The molecule has 1 atom stereocenters. The van der Waals surface area contributed by atoms with Crippen molar-refractivity contribution in [3.8, 4) is 5.88 Å². The number of pyridine rings is 1. The molecule has 4 aromatic rings. The largest absolute Gasteiger partial charge is 0.481 e. The van der Waals surface area contributed by atoms with Crippen molar-refractivity contribution in [2.24, 2.45) is 5.92 Å². The average molecular weight is 517 g/mol. The number of aromatic amines is 1. The van der Waals surface area contributed by atoms with Crippen LogP contribution in [0.3, 0.4) is 0 Å². The summed E-state index contributed by atoms with van der Waals surface area (Å²) in [5.41, 5.74) is -0.742. The third kappa shape index (κ3) is 4.54. The van der Waals surface area contributed by atoms with Crippen LogP contribution >= 0.6 is 0 Å². The van der Waals surface area contributed by atoms with Crippen LogP contribution in [0.1, 0.15) is 30.1 Å². The summed E-state index contributed by atoms with van der Waals surface area (Å²) in [6.45, 7) is 0.674. The first-order valence-corrected chi connectivity index (χ1v) is 12.5. The predicted octanol–water partition coefficient (Wildman–Crippen LogP) is 3.34. The summed E-state index contributed by atoms with van der Waals surface area (Å²) in [6, 6.07) is 4.38. The van der Waals surface area contributed by atoms with Gasteiger partial charge in [-0.05, 0) is 37.0 Å². The standard InChI is InChI=1S/C23H22F2N6O4S/c1-35-17-7-4-13(9-26-17)36(33,34)31-16-6-5-15(24)19(20(16)25)21(32)14-10-28-23-18(14)22(29-11-30-23)27-8-12-2-3-12/h4-7,9-12,21,31-32H,2-3,8H2,1H3,(H2,27,28,29,30). The highest BCUT2D eigenvalue weighted by molar-refractivity contribution is 7.92. The summed E-state index contributed by atoms with van der Waals surface area (Å²) in [4.78, 5) is 14.8. The van der Waals surface area contributed by atoms with Crippen molar-refractivity contribution in [1.29, 1.82) is 0 Å². The number of aromatic nitrogens is 4. The lowest BCUT2D eigenvalue weighted by atomic mass is 10.00. The summed E-state index contributed by atoms with van der Waals surface area (Å²) >= 11 is 0. The number of methoxy groups -OCH3 is 1. The van der Waals surface area contributed by atoms with Crippen LogP contribution in [-0.4, -0.2) is 47.1 Å². The van der Waals surface area contributed by atoms with Gasteiger partial charge in [0.2, 0.25) is 5.88 Å². The zero-order chi connectivity index (χ0) is 25.4.